The van der Waals surface area contributed by atoms with Gasteiger partial charge in [-0.15, -0.1) is 0 Å². The lowest BCUT2D eigenvalue weighted by atomic mass is 10.0. The first-order valence-corrected chi connectivity index (χ1v) is 8.67. The van der Waals surface area contributed by atoms with Crippen LogP contribution in [-0.2, 0) is 0 Å². The van der Waals surface area contributed by atoms with Gasteiger partial charge in [0.25, 0.3) is 0 Å². The maximum atomic E-state index is 5.71. The zero-order chi connectivity index (χ0) is 14.8. The molecule has 0 aliphatic carbocycles. The molecule has 1 N–H and O–H groups in total. The van der Waals surface area contributed by atoms with Crippen molar-refractivity contribution in [2.45, 2.75) is 58.9 Å². The lowest BCUT2D eigenvalue weighted by Gasteiger charge is -2.19. The Labute approximate surface area is 132 Å². The van der Waals surface area contributed by atoms with Crippen LogP contribution in [0, 0.1) is 0 Å². The van der Waals surface area contributed by atoms with E-state index in [4.69, 9.17) is 4.74 Å². The van der Waals surface area contributed by atoms with Gasteiger partial charge in [-0.2, -0.15) is 0 Å². The van der Waals surface area contributed by atoms with Crippen LogP contribution in [0.15, 0.2) is 22.7 Å². The summed E-state index contributed by atoms with van der Waals surface area (Å²) in [5, 5.41) is 3.59. The van der Waals surface area contributed by atoms with Crippen molar-refractivity contribution < 1.29 is 4.74 Å². The average Bonchev–Trinajstić information content (AvgIpc) is 2.45. The molecule has 20 heavy (non-hydrogen) atoms. The van der Waals surface area contributed by atoms with Gasteiger partial charge in [0.15, 0.2) is 0 Å². The highest BCUT2D eigenvalue weighted by atomic mass is 79.9. The molecule has 0 aliphatic rings. The minimum Gasteiger partial charge on any atom is -0.492 e. The summed E-state index contributed by atoms with van der Waals surface area (Å²) in [6.07, 6.45) is 6.08. The molecule has 0 heterocycles. The van der Waals surface area contributed by atoms with Crippen LogP contribution in [0.25, 0.3) is 0 Å². The second-order valence-corrected chi connectivity index (χ2v) is 6.00. The lowest BCUT2D eigenvalue weighted by Crippen LogP contribution is -2.20. The summed E-state index contributed by atoms with van der Waals surface area (Å²) in [5.41, 5.74) is 1.35. The molecule has 0 saturated carbocycles. The minimum atomic E-state index is 0.447. The van der Waals surface area contributed by atoms with E-state index in [0.717, 1.165) is 29.8 Å². The van der Waals surface area contributed by atoms with Gasteiger partial charge in [0.1, 0.15) is 5.75 Å². The maximum absolute atomic E-state index is 5.71. The number of ether oxygens (including phenoxy) is 1. The van der Waals surface area contributed by atoms with Crippen molar-refractivity contribution in [1.29, 1.82) is 0 Å². The van der Waals surface area contributed by atoms with Gasteiger partial charge >= 0.3 is 0 Å². The number of rotatable bonds is 10. The van der Waals surface area contributed by atoms with E-state index in [0.29, 0.717) is 6.04 Å². The van der Waals surface area contributed by atoms with E-state index in [1.54, 1.807) is 0 Å². The molecule has 1 aromatic carbocycles. The molecule has 2 nitrogen and oxygen atoms in total. The van der Waals surface area contributed by atoms with Gasteiger partial charge in [-0.1, -0.05) is 46.1 Å². The van der Waals surface area contributed by atoms with E-state index in [1.165, 1.54) is 31.2 Å². The number of nitrogens with one attached hydrogen (secondary N) is 1. The second kappa shape index (κ2) is 10.2. The van der Waals surface area contributed by atoms with Crippen molar-refractivity contribution in [3.05, 3.63) is 28.2 Å². The largest absolute Gasteiger partial charge is 0.492 e. The van der Waals surface area contributed by atoms with E-state index in [9.17, 15) is 0 Å². The molecule has 0 spiro atoms. The van der Waals surface area contributed by atoms with Crippen LogP contribution in [0.3, 0.4) is 0 Å². The predicted molar refractivity (Wildman–Crippen MR) is 90.5 cm³/mol. The molecule has 0 bridgehead atoms. The third-order valence-electron chi connectivity index (χ3n) is 3.37. The summed E-state index contributed by atoms with van der Waals surface area (Å²) in [6.45, 7) is 8.31. The van der Waals surface area contributed by atoms with E-state index in [1.807, 2.05) is 0 Å². The van der Waals surface area contributed by atoms with Crippen molar-refractivity contribution in [3.8, 4) is 5.75 Å². The van der Waals surface area contributed by atoms with E-state index < -0.39 is 0 Å². The SMILES string of the molecule is CCCCCC(NCC)c1ccc(OCCC)c(Br)c1. The molecule has 3 heteroatoms. The summed E-state index contributed by atoms with van der Waals surface area (Å²) in [4.78, 5) is 0. The highest BCUT2D eigenvalue weighted by Crippen LogP contribution is 2.30. The molecule has 0 radical (unpaired) electrons. The topological polar surface area (TPSA) is 21.3 Å². The van der Waals surface area contributed by atoms with Crippen molar-refractivity contribution in [3.63, 3.8) is 0 Å². The van der Waals surface area contributed by atoms with E-state index in [-0.39, 0.29) is 0 Å². The normalized spacial score (nSPS) is 12.4. The van der Waals surface area contributed by atoms with Crippen LogP contribution in [-0.4, -0.2) is 13.2 Å². The van der Waals surface area contributed by atoms with Crippen LogP contribution in [0.1, 0.15) is 64.5 Å². The molecule has 1 unspecified atom stereocenters. The predicted octanol–water partition coefficient (Wildman–Crippen LogP) is 5.47. The Morgan fingerprint density at radius 2 is 1.95 bits per heavy atom. The fourth-order valence-electron chi connectivity index (χ4n) is 2.29. The second-order valence-electron chi connectivity index (χ2n) is 5.14. The first-order valence-electron chi connectivity index (χ1n) is 7.88. The number of hydrogen-bond acceptors (Lipinski definition) is 2. The van der Waals surface area contributed by atoms with Gasteiger partial charge < -0.3 is 10.1 Å². The first-order chi connectivity index (χ1) is 9.72. The van der Waals surface area contributed by atoms with Gasteiger partial charge in [-0.05, 0) is 53.0 Å². The molecule has 0 saturated heterocycles. The highest BCUT2D eigenvalue weighted by Gasteiger charge is 2.12. The molecule has 0 aromatic heterocycles. The van der Waals surface area contributed by atoms with Crippen LogP contribution in [0.5, 0.6) is 5.75 Å². The third kappa shape index (κ3) is 5.84. The zero-order valence-electron chi connectivity index (χ0n) is 13.0. The maximum Gasteiger partial charge on any atom is 0.133 e. The summed E-state index contributed by atoms with van der Waals surface area (Å²) < 4.78 is 6.77. The molecule has 0 aliphatic heterocycles. The van der Waals surface area contributed by atoms with Crippen molar-refractivity contribution in [1.82, 2.24) is 5.32 Å². The van der Waals surface area contributed by atoms with Gasteiger partial charge in [0, 0.05) is 6.04 Å². The van der Waals surface area contributed by atoms with Crippen molar-refractivity contribution in [2.24, 2.45) is 0 Å². The lowest BCUT2D eigenvalue weighted by molar-refractivity contribution is 0.315. The summed E-state index contributed by atoms with van der Waals surface area (Å²) >= 11 is 3.63. The Bertz CT molecular complexity index is 381. The molecule has 1 aromatic rings. The molecule has 1 rings (SSSR count). The Hall–Kier alpha value is -0.540. The van der Waals surface area contributed by atoms with Gasteiger partial charge in [0.2, 0.25) is 0 Å². The third-order valence-corrected chi connectivity index (χ3v) is 3.99. The summed E-state index contributed by atoms with van der Waals surface area (Å²) in [5.74, 6) is 0.944. The van der Waals surface area contributed by atoms with E-state index >= 15 is 0 Å². The average molecular weight is 342 g/mol. The Kier molecular flexibility index (Phi) is 8.95. The molecular weight excluding hydrogens is 314 g/mol. The standard InChI is InChI=1S/C17H28BrNO/c1-4-7-8-9-16(19-6-3)14-10-11-17(15(18)13-14)20-12-5-2/h10-11,13,16,19H,4-9,12H2,1-3H3. The summed E-state index contributed by atoms with van der Waals surface area (Å²) in [6, 6.07) is 6.92. The zero-order valence-corrected chi connectivity index (χ0v) is 14.6. The molecule has 0 amide bonds. The molecule has 0 fully saturated rings. The fraction of sp³-hybridized carbons (Fsp3) is 0.647. The molecule has 1 atom stereocenters. The fourth-order valence-corrected chi connectivity index (χ4v) is 2.81. The number of benzene rings is 1. The number of hydrogen-bond donors (Lipinski definition) is 1. The quantitative estimate of drug-likeness (QED) is 0.569. The van der Waals surface area contributed by atoms with Crippen LogP contribution in [0.4, 0.5) is 0 Å². The molecular formula is C17H28BrNO. The Morgan fingerprint density at radius 1 is 1.15 bits per heavy atom. The number of halogens is 1. The van der Waals surface area contributed by atoms with Gasteiger partial charge in [0.05, 0.1) is 11.1 Å². The van der Waals surface area contributed by atoms with E-state index in [2.05, 4.69) is 60.2 Å². The van der Waals surface area contributed by atoms with Crippen LogP contribution < -0.4 is 10.1 Å². The van der Waals surface area contributed by atoms with Crippen molar-refractivity contribution in [2.75, 3.05) is 13.2 Å². The monoisotopic (exact) mass is 341 g/mol. The summed E-state index contributed by atoms with van der Waals surface area (Å²) in [7, 11) is 0. The van der Waals surface area contributed by atoms with Crippen molar-refractivity contribution >= 4 is 15.9 Å². The van der Waals surface area contributed by atoms with Crippen LogP contribution >= 0.6 is 15.9 Å². The highest BCUT2D eigenvalue weighted by molar-refractivity contribution is 9.10. The Balaban J connectivity index is 2.72. The smallest absolute Gasteiger partial charge is 0.133 e. The molecule has 114 valence electrons. The Morgan fingerprint density at radius 3 is 2.55 bits per heavy atom. The minimum absolute atomic E-state index is 0.447. The first kappa shape index (κ1) is 17.5. The van der Waals surface area contributed by atoms with Gasteiger partial charge in [-0.3, -0.25) is 0 Å². The van der Waals surface area contributed by atoms with Gasteiger partial charge in [-0.25, -0.2) is 0 Å². The van der Waals surface area contributed by atoms with Crippen LogP contribution in [0.2, 0.25) is 0 Å². The number of unbranched alkanes of at least 4 members (excludes halogenated alkanes) is 2.